The lowest BCUT2D eigenvalue weighted by atomic mass is 9.85. The molecule has 1 aromatic rings. The van der Waals surface area contributed by atoms with Crippen molar-refractivity contribution in [1.29, 1.82) is 0 Å². The molecule has 1 unspecified atom stereocenters. The Morgan fingerprint density at radius 2 is 1.37 bits per heavy atom. The largest absolute Gasteiger partial charge is 0.425 e. The maximum Gasteiger partial charge on any atom is 0.425 e. The van der Waals surface area contributed by atoms with Crippen molar-refractivity contribution >= 4 is 10.6 Å². The molecule has 0 aliphatic carbocycles. The van der Waals surface area contributed by atoms with Crippen molar-refractivity contribution in [2.45, 2.75) is 52.4 Å². The molecule has 19 heavy (non-hydrogen) atoms. The van der Waals surface area contributed by atoms with Gasteiger partial charge in [-0.3, -0.25) is 0 Å². The molecule has 1 rings (SSSR count). The lowest BCUT2D eigenvalue weighted by Gasteiger charge is -2.21. The summed E-state index contributed by atoms with van der Waals surface area (Å²) >= 11 is 0. The molecule has 0 aliphatic rings. The van der Waals surface area contributed by atoms with Crippen molar-refractivity contribution in [1.82, 2.24) is 0 Å². The van der Waals surface area contributed by atoms with Crippen LogP contribution in [-0.2, 0) is 10.6 Å². The molecule has 0 aromatic heterocycles. The fraction of sp³-hybridized carbons (Fsp3) is 0.600. The SMILES string of the molecule is CCC(CC)CC(CC)c1ccccc1.O=S(=O)=O. The van der Waals surface area contributed by atoms with Gasteiger partial charge >= 0.3 is 10.6 Å². The predicted molar refractivity (Wildman–Crippen MR) is 77.9 cm³/mol. The number of hydrogen-bond acceptors (Lipinski definition) is 3. The molecular formula is C15H24O3S. The highest BCUT2D eigenvalue weighted by Gasteiger charge is 2.13. The van der Waals surface area contributed by atoms with Crippen molar-refractivity contribution < 1.29 is 12.6 Å². The summed E-state index contributed by atoms with van der Waals surface area (Å²) in [6.07, 6.45) is 5.26. The van der Waals surface area contributed by atoms with Crippen molar-refractivity contribution in [2.24, 2.45) is 5.92 Å². The van der Waals surface area contributed by atoms with E-state index in [9.17, 15) is 0 Å². The average molecular weight is 284 g/mol. The molecule has 1 aromatic carbocycles. The Morgan fingerprint density at radius 3 is 1.74 bits per heavy atom. The van der Waals surface area contributed by atoms with Crippen LogP contribution in [0.5, 0.6) is 0 Å². The maximum absolute atomic E-state index is 8.44. The van der Waals surface area contributed by atoms with Gasteiger partial charge in [-0.25, -0.2) is 0 Å². The van der Waals surface area contributed by atoms with E-state index in [0.29, 0.717) is 0 Å². The fourth-order valence-electron chi connectivity index (χ4n) is 2.29. The summed E-state index contributed by atoms with van der Waals surface area (Å²) in [7, 11) is -3.11. The molecular weight excluding hydrogens is 260 g/mol. The van der Waals surface area contributed by atoms with E-state index >= 15 is 0 Å². The quantitative estimate of drug-likeness (QED) is 0.793. The van der Waals surface area contributed by atoms with Crippen LogP contribution in [0.3, 0.4) is 0 Å². The van der Waals surface area contributed by atoms with Crippen LogP contribution in [0.1, 0.15) is 57.9 Å². The third-order valence-corrected chi connectivity index (χ3v) is 3.54. The molecule has 0 amide bonds. The van der Waals surface area contributed by atoms with E-state index in [1.165, 1.54) is 31.2 Å². The van der Waals surface area contributed by atoms with Crippen LogP contribution in [0.15, 0.2) is 30.3 Å². The van der Waals surface area contributed by atoms with Crippen LogP contribution < -0.4 is 0 Å². The van der Waals surface area contributed by atoms with Gasteiger partial charge in [-0.15, -0.1) is 12.6 Å². The van der Waals surface area contributed by atoms with Crippen molar-refractivity contribution in [3.05, 3.63) is 35.9 Å². The molecule has 0 saturated heterocycles. The third kappa shape index (κ3) is 8.54. The Balaban J connectivity index is 0.000000711. The lowest BCUT2D eigenvalue weighted by Crippen LogP contribution is -2.05. The van der Waals surface area contributed by atoms with E-state index < -0.39 is 10.6 Å². The Hall–Kier alpha value is -1.16. The van der Waals surface area contributed by atoms with Crippen LogP contribution in [0.25, 0.3) is 0 Å². The first-order valence-electron chi connectivity index (χ1n) is 6.86. The van der Waals surface area contributed by atoms with E-state index in [1.54, 1.807) is 0 Å². The molecule has 3 nitrogen and oxygen atoms in total. The number of benzene rings is 1. The van der Waals surface area contributed by atoms with Crippen LogP contribution in [0.4, 0.5) is 0 Å². The second-order valence-corrected chi connectivity index (χ2v) is 5.05. The van der Waals surface area contributed by atoms with Crippen LogP contribution in [0, 0.1) is 5.92 Å². The van der Waals surface area contributed by atoms with Gasteiger partial charge in [-0.05, 0) is 30.2 Å². The summed E-state index contributed by atoms with van der Waals surface area (Å²) in [5.74, 6) is 1.66. The van der Waals surface area contributed by atoms with Gasteiger partial charge in [0.15, 0.2) is 0 Å². The highest BCUT2D eigenvalue weighted by molar-refractivity contribution is 7.59. The zero-order valence-electron chi connectivity index (χ0n) is 12.0. The van der Waals surface area contributed by atoms with E-state index in [0.717, 1.165) is 11.8 Å². The average Bonchev–Trinajstić information content (AvgIpc) is 2.41. The molecule has 0 aliphatic heterocycles. The molecule has 0 saturated carbocycles. The first kappa shape index (κ1) is 17.8. The predicted octanol–water partition coefficient (Wildman–Crippen LogP) is 4.00. The Morgan fingerprint density at radius 1 is 0.895 bits per heavy atom. The Labute approximate surface area is 118 Å². The molecule has 0 bridgehead atoms. The summed E-state index contributed by atoms with van der Waals surface area (Å²) < 4.78 is 25.3. The minimum Gasteiger partial charge on any atom is -0.142 e. The van der Waals surface area contributed by atoms with E-state index in [-0.39, 0.29) is 0 Å². The smallest absolute Gasteiger partial charge is 0.142 e. The number of rotatable bonds is 6. The first-order chi connectivity index (χ1) is 9.04. The summed E-state index contributed by atoms with van der Waals surface area (Å²) in [4.78, 5) is 0. The zero-order valence-corrected chi connectivity index (χ0v) is 12.8. The van der Waals surface area contributed by atoms with Gasteiger partial charge in [0.2, 0.25) is 0 Å². The van der Waals surface area contributed by atoms with Crippen molar-refractivity contribution in [3.63, 3.8) is 0 Å². The van der Waals surface area contributed by atoms with Crippen LogP contribution >= 0.6 is 0 Å². The van der Waals surface area contributed by atoms with Gasteiger partial charge in [0.05, 0.1) is 0 Å². The van der Waals surface area contributed by atoms with E-state index in [4.69, 9.17) is 12.6 Å². The van der Waals surface area contributed by atoms with E-state index in [1.807, 2.05) is 0 Å². The first-order valence-corrected chi connectivity index (χ1v) is 7.86. The van der Waals surface area contributed by atoms with Gasteiger partial charge in [0.25, 0.3) is 0 Å². The topological polar surface area (TPSA) is 51.2 Å². The second-order valence-electron chi connectivity index (χ2n) is 4.64. The molecule has 0 heterocycles. The second kappa shape index (κ2) is 10.7. The monoisotopic (exact) mass is 284 g/mol. The van der Waals surface area contributed by atoms with Gasteiger partial charge in [0, 0.05) is 0 Å². The van der Waals surface area contributed by atoms with Gasteiger partial charge < -0.3 is 0 Å². The molecule has 0 fully saturated rings. The molecule has 0 radical (unpaired) electrons. The van der Waals surface area contributed by atoms with Gasteiger partial charge in [-0.2, -0.15) is 0 Å². The summed E-state index contributed by atoms with van der Waals surface area (Å²) in [5, 5.41) is 0. The molecule has 1 atom stereocenters. The van der Waals surface area contributed by atoms with Crippen molar-refractivity contribution in [2.75, 3.05) is 0 Å². The molecule has 108 valence electrons. The fourth-order valence-corrected chi connectivity index (χ4v) is 2.29. The maximum atomic E-state index is 8.44. The van der Waals surface area contributed by atoms with Crippen LogP contribution in [0.2, 0.25) is 0 Å². The highest BCUT2D eigenvalue weighted by Crippen LogP contribution is 2.29. The Kier molecular flexibility index (Phi) is 10.1. The van der Waals surface area contributed by atoms with E-state index in [2.05, 4.69) is 51.1 Å². The minimum atomic E-state index is -3.11. The number of hydrogen-bond donors (Lipinski definition) is 0. The Bertz CT molecular complexity index is 414. The minimum absolute atomic E-state index is 0.760. The van der Waals surface area contributed by atoms with Crippen LogP contribution in [-0.4, -0.2) is 12.6 Å². The molecule has 4 heteroatoms. The molecule has 0 N–H and O–H groups in total. The summed E-state index contributed by atoms with van der Waals surface area (Å²) in [6, 6.07) is 11.0. The lowest BCUT2D eigenvalue weighted by molar-refractivity contribution is 0.404. The standard InChI is InChI=1S/C15H24.O3S/c1-4-13(5-2)12-14(6-3)15-10-8-7-9-11-15;1-4(2)3/h7-11,13-14H,4-6,12H2,1-3H3;. The normalized spacial score (nSPS) is 11.6. The van der Waals surface area contributed by atoms with Crippen molar-refractivity contribution in [3.8, 4) is 0 Å². The van der Waals surface area contributed by atoms with Gasteiger partial charge in [-0.1, -0.05) is 63.9 Å². The highest BCUT2D eigenvalue weighted by atomic mass is 32.2. The van der Waals surface area contributed by atoms with Gasteiger partial charge in [0.1, 0.15) is 0 Å². The summed E-state index contributed by atoms with van der Waals surface area (Å²) in [5.41, 5.74) is 1.52. The third-order valence-electron chi connectivity index (χ3n) is 3.54. The summed E-state index contributed by atoms with van der Waals surface area (Å²) in [6.45, 7) is 6.93. The molecule has 0 spiro atoms. The zero-order chi connectivity index (χ0) is 14.7.